The second kappa shape index (κ2) is 14.1. The van der Waals surface area contributed by atoms with Crippen molar-refractivity contribution in [1.82, 2.24) is 10.2 Å². The summed E-state index contributed by atoms with van der Waals surface area (Å²) < 4.78 is 5.58. The lowest BCUT2D eigenvalue weighted by Gasteiger charge is -2.47. The second-order valence-electron chi connectivity index (χ2n) is 10.3. The van der Waals surface area contributed by atoms with Gasteiger partial charge in [-0.1, -0.05) is 58.0 Å². The number of carbonyl (C=O) groups excluding carboxylic acids is 2. The molecule has 6 heteroatoms. The van der Waals surface area contributed by atoms with Gasteiger partial charge in [0.2, 0.25) is 5.91 Å². The fourth-order valence-corrected chi connectivity index (χ4v) is 6.68. The van der Waals surface area contributed by atoms with Gasteiger partial charge in [0.25, 0.3) is 0 Å². The van der Waals surface area contributed by atoms with Crippen molar-refractivity contribution in [2.24, 2.45) is 29.6 Å². The van der Waals surface area contributed by atoms with Gasteiger partial charge in [-0.2, -0.15) is 0 Å². The molecule has 1 saturated heterocycles. The number of rotatable bonds is 10. The molecule has 1 aliphatic heterocycles. The van der Waals surface area contributed by atoms with Crippen molar-refractivity contribution in [2.75, 3.05) is 26.3 Å². The van der Waals surface area contributed by atoms with Crippen LogP contribution in [-0.2, 0) is 14.3 Å². The van der Waals surface area contributed by atoms with Crippen LogP contribution in [0.1, 0.15) is 81.1 Å². The Morgan fingerprint density at radius 3 is 2.31 bits per heavy atom. The van der Waals surface area contributed by atoms with Crippen LogP contribution in [0.25, 0.3) is 0 Å². The first-order chi connectivity index (χ1) is 14.6. The molecule has 2 rings (SSSR count). The average molecular weight is 518 g/mol. The van der Waals surface area contributed by atoms with Crippen LogP contribution in [0.4, 0.5) is 0 Å². The monoisotopic (exact) mass is 516 g/mol. The molecule has 0 spiro atoms. The number of alkyl halides is 1. The highest BCUT2D eigenvalue weighted by Gasteiger charge is 2.42. The van der Waals surface area contributed by atoms with Crippen LogP contribution in [0, 0.1) is 29.6 Å². The average Bonchev–Trinajstić information content (AvgIpc) is 2.70. The quantitative estimate of drug-likeness (QED) is 0.400. The topological polar surface area (TPSA) is 58.6 Å². The van der Waals surface area contributed by atoms with Crippen molar-refractivity contribution in [3.05, 3.63) is 0 Å². The van der Waals surface area contributed by atoms with Crippen LogP contribution in [0.2, 0.25) is 0 Å². The zero-order valence-corrected chi connectivity index (χ0v) is 22.1. The molecule has 2 aliphatic rings. The highest BCUT2D eigenvalue weighted by atomic mass is 79.9. The largest absolute Gasteiger partial charge is 0.381 e. The standard InChI is InChI=1S/C25H45BrN2O3.CH4/c1-7-28(21-8-10-31-11-9-21)24-14-20(26)13-22(18(24)5)25(30)27-15-23(19(6)29)17(4)12-16(2)3;/h16-18,20-24H,7-15H2,1-6H3,(H,27,30);1H4. The summed E-state index contributed by atoms with van der Waals surface area (Å²) in [5, 5.41) is 3.18. The van der Waals surface area contributed by atoms with E-state index in [9.17, 15) is 9.59 Å². The molecule has 0 bridgehead atoms. The third-order valence-electron chi connectivity index (χ3n) is 7.58. The number of nitrogens with zero attached hydrogens (tertiary/aromatic N) is 1. The van der Waals surface area contributed by atoms with E-state index in [1.807, 2.05) is 0 Å². The maximum absolute atomic E-state index is 13.3. The Morgan fingerprint density at radius 1 is 1.16 bits per heavy atom. The second-order valence-corrected chi connectivity index (χ2v) is 11.6. The maximum atomic E-state index is 13.3. The zero-order chi connectivity index (χ0) is 23.1. The number of hydrogen-bond donors (Lipinski definition) is 1. The molecule has 1 amide bonds. The van der Waals surface area contributed by atoms with E-state index in [1.54, 1.807) is 6.92 Å². The fourth-order valence-electron chi connectivity index (χ4n) is 5.89. The fraction of sp³-hybridized carbons (Fsp3) is 0.923. The van der Waals surface area contributed by atoms with E-state index in [0.29, 0.717) is 35.3 Å². The Morgan fingerprint density at radius 2 is 1.78 bits per heavy atom. The summed E-state index contributed by atoms with van der Waals surface area (Å²) in [4.78, 5) is 28.5. The first kappa shape index (κ1) is 29.6. The lowest BCUT2D eigenvalue weighted by molar-refractivity contribution is -0.130. The molecular formula is C26H49BrN2O3. The van der Waals surface area contributed by atoms with E-state index in [1.165, 1.54) is 0 Å². The third kappa shape index (κ3) is 8.09. The van der Waals surface area contributed by atoms with E-state index < -0.39 is 0 Å². The molecule has 0 aromatic carbocycles. The van der Waals surface area contributed by atoms with Crippen LogP contribution in [0.15, 0.2) is 0 Å². The minimum absolute atomic E-state index is 0. The number of nitrogens with one attached hydrogen (secondary N) is 1. The Kier molecular flexibility index (Phi) is 13.0. The van der Waals surface area contributed by atoms with Crippen molar-refractivity contribution >= 4 is 27.6 Å². The molecule has 1 saturated carbocycles. The molecule has 32 heavy (non-hydrogen) atoms. The van der Waals surface area contributed by atoms with Crippen LogP contribution in [0.5, 0.6) is 0 Å². The summed E-state index contributed by atoms with van der Waals surface area (Å²) in [6.45, 7) is 15.8. The van der Waals surface area contributed by atoms with Gasteiger partial charge in [-0.15, -0.1) is 0 Å². The Hall–Kier alpha value is -0.460. The van der Waals surface area contributed by atoms with Gasteiger partial charge in [0.1, 0.15) is 5.78 Å². The molecule has 5 nitrogen and oxygen atoms in total. The molecule has 0 aromatic heterocycles. The highest BCUT2D eigenvalue weighted by molar-refractivity contribution is 9.09. The first-order valence-electron chi connectivity index (χ1n) is 12.4. The van der Waals surface area contributed by atoms with E-state index in [-0.39, 0.29) is 36.9 Å². The molecule has 6 unspecified atom stereocenters. The summed E-state index contributed by atoms with van der Waals surface area (Å²) in [5.41, 5.74) is 0. The molecule has 1 aliphatic carbocycles. The number of halogens is 1. The van der Waals surface area contributed by atoms with Gasteiger partial charge < -0.3 is 10.1 Å². The summed E-state index contributed by atoms with van der Waals surface area (Å²) in [6.07, 6.45) is 5.10. The predicted octanol–water partition coefficient (Wildman–Crippen LogP) is 5.31. The lowest BCUT2D eigenvalue weighted by Crippen LogP contribution is -2.55. The molecule has 1 N–H and O–H groups in total. The van der Waals surface area contributed by atoms with Crippen LogP contribution in [0.3, 0.4) is 0 Å². The number of Topliss-reactive ketones (excluding diaryl/α,β-unsaturated/α-hetero) is 1. The molecule has 188 valence electrons. The molecule has 6 atom stereocenters. The number of amides is 1. The Balaban J connectivity index is 0.00000512. The SMILES string of the molecule is C.CCN(C1CCOCC1)C1CC(Br)CC(C(=O)NCC(C(C)=O)C(C)CC(C)C)C1C. The van der Waals surface area contributed by atoms with E-state index >= 15 is 0 Å². The summed E-state index contributed by atoms with van der Waals surface area (Å²) in [5.74, 6) is 1.29. The summed E-state index contributed by atoms with van der Waals surface area (Å²) in [7, 11) is 0. The number of ketones is 1. The van der Waals surface area contributed by atoms with Gasteiger partial charge in [-0.25, -0.2) is 0 Å². The van der Waals surface area contributed by atoms with Gasteiger partial charge in [0.05, 0.1) is 0 Å². The van der Waals surface area contributed by atoms with Gasteiger partial charge in [0.15, 0.2) is 0 Å². The zero-order valence-electron chi connectivity index (χ0n) is 20.5. The van der Waals surface area contributed by atoms with Crippen LogP contribution >= 0.6 is 15.9 Å². The Labute approximate surface area is 205 Å². The third-order valence-corrected chi connectivity index (χ3v) is 8.33. The van der Waals surface area contributed by atoms with E-state index in [2.05, 4.69) is 60.8 Å². The summed E-state index contributed by atoms with van der Waals surface area (Å²) >= 11 is 3.85. The smallest absolute Gasteiger partial charge is 0.223 e. The maximum Gasteiger partial charge on any atom is 0.223 e. The van der Waals surface area contributed by atoms with Gasteiger partial charge in [0, 0.05) is 48.5 Å². The van der Waals surface area contributed by atoms with Crippen LogP contribution in [-0.4, -0.2) is 59.8 Å². The van der Waals surface area contributed by atoms with Crippen molar-refractivity contribution < 1.29 is 14.3 Å². The van der Waals surface area contributed by atoms with E-state index in [0.717, 1.165) is 51.9 Å². The molecule has 1 heterocycles. The van der Waals surface area contributed by atoms with Gasteiger partial charge in [-0.3, -0.25) is 14.5 Å². The van der Waals surface area contributed by atoms with Crippen LogP contribution < -0.4 is 5.32 Å². The Bertz CT molecular complexity index is 579. The van der Waals surface area contributed by atoms with Crippen molar-refractivity contribution in [2.45, 2.75) is 98.0 Å². The predicted molar refractivity (Wildman–Crippen MR) is 137 cm³/mol. The van der Waals surface area contributed by atoms with Crippen molar-refractivity contribution in [3.8, 4) is 0 Å². The minimum Gasteiger partial charge on any atom is -0.381 e. The number of ether oxygens (including phenoxy) is 1. The molecular weight excluding hydrogens is 468 g/mol. The van der Waals surface area contributed by atoms with Crippen molar-refractivity contribution in [3.63, 3.8) is 0 Å². The lowest BCUT2D eigenvalue weighted by atomic mass is 9.75. The highest BCUT2D eigenvalue weighted by Crippen LogP contribution is 2.38. The first-order valence-corrected chi connectivity index (χ1v) is 13.3. The van der Waals surface area contributed by atoms with Gasteiger partial charge in [-0.05, 0) is 63.3 Å². The molecule has 2 fully saturated rings. The number of hydrogen-bond acceptors (Lipinski definition) is 4. The molecule has 0 aromatic rings. The number of carbonyl (C=O) groups is 2. The normalized spacial score (nSPS) is 28.8. The summed E-state index contributed by atoms with van der Waals surface area (Å²) in [6, 6.07) is 0.942. The van der Waals surface area contributed by atoms with E-state index in [4.69, 9.17) is 4.74 Å². The molecule has 0 radical (unpaired) electrons. The van der Waals surface area contributed by atoms with Gasteiger partial charge >= 0.3 is 0 Å². The van der Waals surface area contributed by atoms with Crippen molar-refractivity contribution in [1.29, 1.82) is 0 Å². The minimum atomic E-state index is -0.102.